The molecule has 10 aromatic rings. The standard InChI is InChI=1S/2C25H23F3N6.C18H14O8/c2*1-16-14-33(15-29-16)22-11-9-18(30-17(22)2)10-12-23-31-24-20(7-5-13-34(24)32-23)19-6-3-4-8-21(19)25(26,27)28;19-15(20)13(25-17(23)11-7-3-1-4-8-11)14(16(21)22)26-18(24)12-9-5-2-6-10-12/h2*3-4,6,8-12,14-15,20H,5,7,13H2,1-2H3;1-10,13-14H,(H,19,20)(H,21,22)/b2*12-10+;/t20-;;13-,14-/m0.0/s1. The summed E-state index contributed by atoms with van der Waals surface area (Å²) in [5.74, 6) is -4.47. The minimum Gasteiger partial charge on any atom is -0.478 e. The molecule has 6 aromatic heterocycles. The Balaban J connectivity index is 0.000000156. The van der Waals surface area contributed by atoms with Gasteiger partial charge >= 0.3 is 36.2 Å². The van der Waals surface area contributed by atoms with Crippen LogP contribution in [-0.2, 0) is 44.5 Å². The van der Waals surface area contributed by atoms with E-state index in [9.17, 15) is 55.7 Å². The second-order valence-electron chi connectivity index (χ2n) is 21.9. The van der Waals surface area contributed by atoms with Gasteiger partial charge in [-0.05, 0) is 149 Å². The lowest BCUT2D eigenvalue weighted by molar-refractivity contribution is -0.166. The molecule has 2 aliphatic rings. The highest BCUT2D eigenvalue weighted by Crippen LogP contribution is 2.42. The van der Waals surface area contributed by atoms with Crippen LogP contribution < -0.4 is 0 Å². The summed E-state index contributed by atoms with van der Waals surface area (Å²) in [5.41, 5.74) is 6.25. The number of hydrogen-bond donors (Lipinski definition) is 2. The molecule has 20 nitrogen and oxygen atoms in total. The van der Waals surface area contributed by atoms with Crippen molar-refractivity contribution in [3.8, 4) is 11.4 Å². The monoisotopic (exact) mass is 1290 g/mol. The smallest absolute Gasteiger partial charge is 0.416 e. The normalized spacial score (nSPS) is 15.2. The zero-order valence-electron chi connectivity index (χ0n) is 50.9. The fraction of sp³-hybridized carbons (Fsp3) is 0.235. The second kappa shape index (κ2) is 28.5. The number of carboxylic acid groups (broad SMARTS) is 2. The van der Waals surface area contributed by atoms with Gasteiger partial charge in [-0.2, -0.15) is 36.5 Å². The molecular formula is C68H60F6N12O8. The van der Waals surface area contributed by atoms with Gasteiger partial charge in [-0.3, -0.25) is 9.97 Å². The first-order chi connectivity index (χ1) is 45.0. The fourth-order valence-electron chi connectivity index (χ4n) is 10.9. The third-order valence-corrected chi connectivity index (χ3v) is 15.3. The summed E-state index contributed by atoms with van der Waals surface area (Å²) in [5, 5.41) is 27.5. The Morgan fingerprint density at radius 1 is 0.500 bits per heavy atom. The molecule has 0 radical (unpaired) electrons. The number of halogens is 6. The number of carbonyl (C=O) groups is 4. The number of pyridine rings is 2. The number of rotatable bonds is 15. The van der Waals surface area contributed by atoms with Crippen molar-refractivity contribution in [2.75, 3.05) is 0 Å². The number of benzene rings is 4. The highest BCUT2D eigenvalue weighted by atomic mass is 19.4. The van der Waals surface area contributed by atoms with Crippen molar-refractivity contribution in [1.29, 1.82) is 0 Å². The van der Waals surface area contributed by atoms with Crippen molar-refractivity contribution in [2.45, 2.75) is 103 Å². The van der Waals surface area contributed by atoms with Gasteiger partial charge in [0, 0.05) is 37.3 Å². The van der Waals surface area contributed by atoms with Crippen molar-refractivity contribution < 1.29 is 65.2 Å². The molecule has 482 valence electrons. The fourth-order valence-corrected chi connectivity index (χ4v) is 10.9. The molecule has 0 bridgehead atoms. The van der Waals surface area contributed by atoms with E-state index >= 15 is 0 Å². The highest BCUT2D eigenvalue weighted by molar-refractivity contribution is 5.95. The lowest BCUT2D eigenvalue weighted by Gasteiger charge is -2.25. The number of aliphatic carboxylic acids is 2. The maximum absolute atomic E-state index is 13.6. The average molecular weight is 1290 g/mol. The van der Waals surface area contributed by atoms with Crippen molar-refractivity contribution >= 4 is 48.2 Å². The zero-order chi connectivity index (χ0) is 66.8. The Bertz CT molecular complexity index is 4150. The molecule has 0 spiro atoms. The minimum absolute atomic E-state index is 0.0253. The maximum atomic E-state index is 13.6. The molecular weight excluding hydrogens is 1230 g/mol. The van der Waals surface area contributed by atoms with Crippen molar-refractivity contribution in [1.82, 2.24) is 58.6 Å². The van der Waals surface area contributed by atoms with Crippen LogP contribution in [0.5, 0.6) is 0 Å². The number of fused-ring (bicyclic) bond motifs is 2. The molecule has 2 N–H and O–H groups in total. The zero-order valence-corrected chi connectivity index (χ0v) is 50.9. The number of carbonyl (C=O) groups excluding carboxylic acids is 2. The minimum atomic E-state index is -4.41. The number of carboxylic acids is 2. The summed E-state index contributed by atoms with van der Waals surface area (Å²) >= 11 is 0. The first kappa shape index (κ1) is 65.8. The molecule has 0 fully saturated rings. The van der Waals surface area contributed by atoms with Gasteiger partial charge in [-0.1, -0.05) is 72.8 Å². The van der Waals surface area contributed by atoms with Gasteiger partial charge in [0.15, 0.2) is 11.6 Å². The van der Waals surface area contributed by atoms with Crippen LogP contribution in [0.4, 0.5) is 26.3 Å². The van der Waals surface area contributed by atoms with E-state index in [1.165, 1.54) is 60.7 Å². The lowest BCUT2D eigenvalue weighted by atomic mass is 9.88. The molecule has 1 unspecified atom stereocenters. The summed E-state index contributed by atoms with van der Waals surface area (Å²) in [4.78, 5) is 73.8. The van der Waals surface area contributed by atoms with E-state index in [2.05, 4.69) is 40.1 Å². The van der Waals surface area contributed by atoms with Crippen LogP contribution in [0, 0.1) is 27.7 Å². The first-order valence-electron chi connectivity index (χ1n) is 29.5. The van der Waals surface area contributed by atoms with Gasteiger partial charge < -0.3 is 28.8 Å². The Labute approximate surface area is 533 Å². The van der Waals surface area contributed by atoms with E-state index in [4.69, 9.17) is 9.47 Å². The van der Waals surface area contributed by atoms with Gasteiger partial charge in [0.2, 0.25) is 12.2 Å². The summed E-state index contributed by atoms with van der Waals surface area (Å²) in [6.45, 7) is 8.99. The molecule has 4 atom stereocenters. The van der Waals surface area contributed by atoms with Crippen LogP contribution in [-0.4, -0.2) is 105 Å². The Hall–Kier alpha value is -11.2. The van der Waals surface area contributed by atoms with E-state index < -0.39 is 71.4 Å². The van der Waals surface area contributed by atoms with Crippen molar-refractivity contribution in [3.05, 3.63) is 249 Å². The van der Waals surface area contributed by atoms with E-state index in [1.807, 2.05) is 85.6 Å². The Morgan fingerprint density at radius 3 is 1.21 bits per heavy atom. The summed E-state index contributed by atoms with van der Waals surface area (Å²) in [6.07, 6.45) is 3.95. The van der Waals surface area contributed by atoms with Gasteiger partial charge in [-0.25, -0.2) is 48.5 Å². The quantitative estimate of drug-likeness (QED) is 0.0715. The first-order valence-corrected chi connectivity index (χ1v) is 29.5. The van der Waals surface area contributed by atoms with E-state index in [0.717, 1.165) is 70.5 Å². The van der Waals surface area contributed by atoms with Gasteiger partial charge in [0.25, 0.3) is 0 Å². The number of alkyl halides is 6. The topological polar surface area (TPSA) is 250 Å². The summed E-state index contributed by atoms with van der Waals surface area (Å²) in [7, 11) is 0. The molecule has 4 aromatic carbocycles. The molecule has 0 saturated carbocycles. The number of ether oxygens (including phenoxy) is 2. The molecule has 26 heteroatoms. The van der Waals surface area contributed by atoms with E-state index in [-0.39, 0.29) is 22.3 Å². The third kappa shape index (κ3) is 15.7. The van der Waals surface area contributed by atoms with Gasteiger partial charge in [0.05, 0.1) is 80.4 Å². The van der Waals surface area contributed by atoms with Crippen LogP contribution in [0.25, 0.3) is 35.7 Å². The molecule has 0 aliphatic carbocycles. The van der Waals surface area contributed by atoms with Crippen LogP contribution in [0.3, 0.4) is 0 Å². The number of nitrogens with zero attached hydrogens (tertiary/aromatic N) is 12. The van der Waals surface area contributed by atoms with Crippen LogP contribution in [0.1, 0.15) is 138 Å². The van der Waals surface area contributed by atoms with Gasteiger partial charge in [-0.15, -0.1) is 0 Å². The average Bonchev–Trinajstić information content (AvgIpc) is 1.51. The van der Waals surface area contributed by atoms with E-state index in [0.29, 0.717) is 49.2 Å². The maximum Gasteiger partial charge on any atom is 0.416 e. The number of aromatic nitrogens is 12. The van der Waals surface area contributed by atoms with Crippen molar-refractivity contribution in [3.63, 3.8) is 0 Å². The lowest BCUT2D eigenvalue weighted by Crippen LogP contribution is -2.45. The number of esters is 2. The number of hydrogen-bond acceptors (Lipinski definition) is 14. The number of aryl methyl sites for hydroxylation is 6. The van der Waals surface area contributed by atoms with Crippen LogP contribution in [0.2, 0.25) is 0 Å². The summed E-state index contributed by atoms with van der Waals surface area (Å²) < 4.78 is 98.4. The second-order valence-corrected chi connectivity index (χ2v) is 21.9. The number of imidazole rings is 2. The molecule has 94 heavy (non-hydrogen) atoms. The van der Waals surface area contributed by atoms with E-state index in [1.54, 1.807) is 70.6 Å². The predicted octanol–water partition coefficient (Wildman–Crippen LogP) is 12.8. The predicted molar refractivity (Wildman–Crippen MR) is 331 cm³/mol. The molecule has 12 rings (SSSR count). The largest absolute Gasteiger partial charge is 0.478 e. The van der Waals surface area contributed by atoms with Crippen LogP contribution in [0.15, 0.2) is 159 Å². The highest BCUT2D eigenvalue weighted by Gasteiger charge is 2.42. The van der Waals surface area contributed by atoms with Crippen molar-refractivity contribution in [2.24, 2.45) is 0 Å². The van der Waals surface area contributed by atoms with Gasteiger partial charge in [0.1, 0.15) is 11.6 Å². The SMILES string of the molecule is Cc1cn(-c2ccc(/C=C/c3nc4n(n3)CCCC4c3ccccc3C(F)(F)F)nc2C)cn1.Cc1cn(-c2ccc(/C=C/c3nc4n(n3)CCC[C@H]4c3ccccc3C(F)(F)F)nc2C)cn1.O=C(O[C@H](C(=O)O)[C@H](OC(=O)c1ccccc1)C(=O)O)c1ccccc1. The van der Waals surface area contributed by atoms with Crippen LogP contribution >= 0.6 is 0 Å². The molecule has 2 aliphatic heterocycles. The third-order valence-electron chi connectivity index (χ3n) is 15.3. The molecule has 0 amide bonds. The molecule has 8 heterocycles. The molecule has 0 saturated heterocycles. The Morgan fingerprint density at radius 2 is 0.872 bits per heavy atom. The summed E-state index contributed by atoms with van der Waals surface area (Å²) in [6, 6.07) is 34.0. The Kier molecular flexibility index (Phi) is 20.0.